The number of aliphatic carboxylic acids is 2. The first-order valence-electron chi connectivity index (χ1n) is 19.5. The van der Waals surface area contributed by atoms with Crippen LogP contribution in [-0.2, 0) is 19.2 Å². The second kappa shape index (κ2) is 40.2. The zero-order chi connectivity index (χ0) is 36.0. The molecule has 4 N–H and O–H groups in total. The topological polar surface area (TPSA) is 138 Å². The zero-order valence-electron chi connectivity index (χ0n) is 31.6. The number of nitrogens with two attached hydrogens (primary N) is 1. The van der Waals surface area contributed by atoms with Gasteiger partial charge in [-0.05, 0) is 19.8 Å². The summed E-state index contributed by atoms with van der Waals surface area (Å²) in [6.07, 6.45) is 34.5. The van der Waals surface area contributed by atoms with Gasteiger partial charge in [0.1, 0.15) is 0 Å². The van der Waals surface area contributed by atoms with Crippen molar-refractivity contribution >= 4 is 23.8 Å². The average molecular weight is 671 g/mol. The summed E-state index contributed by atoms with van der Waals surface area (Å²) in [6.45, 7) is 8.96. The molecule has 0 heterocycles. The summed E-state index contributed by atoms with van der Waals surface area (Å²) >= 11 is 0. The first kappa shape index (κ1) is 49.4. The van der Waals surface area contributed by atoms with E-state index in [0.717, 1.165) is 39.5 Å². The van der Waals surface area contributed by atoms with Crippen molar-refractivity contribution in [1.29, 1.82) is 0 Å². The van der Waals surface area contributed by atoms with E-state index in [1.165, 1.54) is 146 Å². The lowest BCUT2D eigenvalue weighted by atomic mass is 10.0. The van der Waals surface area contributed by atoms with Crippen molar-refractivity contribution in [3.8, 4) is 0 Å². The largest absolute Gasteiger partial charge is 0.481 e. The van der Waals surface area contributed by atoms with E-state index in [2.05, 4.69) is 13.8 Å². The molecule has 47 heavy (non-hydrogen) atoms. The number of carboxylic acid groups (broad SMARTS) is 2. The number of nitrogens with zero attached hydrogens (tertiary/aromatic N) is 1. The van der Waals surface area contributed by atoms with Gasteiger partial charge in [-0.25, -0.2) is 0 Å². The molecule has 0 spiro atoms. The summed E-state index contributed by atoms with van der Waals surface area (Å²) in [7, 11) is 0. The fourth-order valence-electron chi connectivity index (χ4n) is 5.57. The summed E-state index contributed by atoms with van der Waals surface area (Å²) in [5, 5.41) is 14.8. The van der Waals surface area contributed by atoms with Crippen molar-refractivity contribution < 1.29 is 29.4 Å². The van der Waals surface area contributed by atoms with E-state index in [0.29, 0.717) is 19.4 Å². The number of imide groups is 1. The minimum absolute atomic E-state index is 0.0179. The van der Waals surface area contributed by atoms with Crippen molar-refractivity contribution in [2.75, 3.05) is 6.54 Å². The Labute approximate surface area is 290 Å². The van der Waals surface area contributed by atoms with E-state index < -0.39 is 11.9 Å². The molecule has 0 aromatic heterocycles. The molecule has 8 nitrogen and oxygen atoms in total. The number of carbonyl (C=O) groups is 4. The fourth-order valence-corrected chi connectivity index (χ4v) is 5.57. The minimum atomic E-state index is -0.833. The summed E-state index contributed by atoms with van der Waals surface area (Å²) in [5.74, 6) is -1.70. The van der Waals surface area contributed by atoms with E-state index in [-0.39, 0.29) is 17.9 Å². The van der Waals surface area contributed by atoms with Gasteiger partial charge in [-0.1, -0.05) is 168 Å². The molecule has 1 atom stereocenters. The van der Waals surface area contributed by atoms with E-state index in [1.807, 2.05) is 6.92 Å². The lowest BCUT2D eigenvalue weighted by molar-refractivity contribution is -0.147. The Hall–Kier alpha value is -1.96. The molecule has 0 aliphatic carbocycles. The molecule has 0 aliphatic heterocycles. The molecule has 280 valence electrons. The third kappa shape index (κ3) is 44.0. The molecule has 2 amide bonds. The number of unbranched alkanes of at least 4 members (excludes halogenated alkanes) is 24. The highest BCUT2D eigenvalue weighted by Gasteiger charge is 2.25. The Morgan fingerprint density at radius 2 is 0.660 bits per heavy atom. The van der Waals surface area contributed by atoms with Gasteiger partial charge in [-0.3, -0.25) is 24.1 Å². The third-order valence-corrected chi connectivity index (χ3v) is 8.31. The molecule has 8 heteroatoms. The van der Waals surface area contributed by atoms with Crippen molar-refractivity contribution in [1.82, 2.24) is 4.90 Å². The zero-order valence-corrected chi connectivity index (χ0v) is 31.6. The number of hydrogen-bond donors (Lipinski definition) is 3. The van der Waals surface area contributed by atoms with E-state index in [9.17, 15) is 9.59 Å². The highest BCUT2D eigenvalue weighted by molar-refractivity contribution is 5.95. The number of rotatable bonds is 30. The van der Waals surface area contributed by atoms with Crippen LogP contribution in [-0.4, -0.2) is 51.5 Å². The molecule has 1 unspecified atom stereocenters. The van der Waals surface area contributed by atoms with Crippen LogP contribution in [0, 0.1) is 0 Å². The van der Waals surface area contributed by atoms with Crippen LogP contribution in [0.25, 0.3) is 0 Å². The molecule has 0 rings (SSSR count). The molecule has 0 aromatic rings. The van der Waals surface area contributed by atoms with Gasteiger partial charge >= 0.3 is 0 Å². The Kier molecular flexibility index (Phi) is 42.3. The molecule has 0 aliphatic rings. The smallest absolute Gasteiger partial charge is 0.300 e. The van der Waals surface area contributed by atoms with Crippen molar-refractivity contribution in [2.24, 2.45) is 5.73 Å². The van der Waals surface area contributed by atoms with Gasteiger partial charge in [0.05, 0.1) is 0 Å². The molecule has 0 bridgehead atoms. The molecule has 0 aromatic carbocycles. The predicted molar refractivity (Wildman–Crippen MR) is 198 cm³/mol. The molecular formula is C39H78N2O6. The summed E-state index contributed by atoms with van der Waals surface area (Å²) in [4.78, 5) is 45.2. The van der Waals surface area contributed by atoms with Gasteiger partial charge in [0.25, 0.3) is 11.9 Å². The van der Waals surface area contributed by atoms with Crippen LogP contribution in [0.5, 0.6) is 0 Å². The van der Waals surface area contributed by atoms with Crippen LogP contribution < -0.4 is 5.73 Å². The summed E-state index contributed by atoms with van der Waals surface area (Å²) < 4.78 is 0. The van der Waals surface area contributed by atoms with Crippen LogP contribution in [0.3, 0.4) is 0 Å². The van der Waals surface area contributed by atoms with Gasteiger partial charge < -0.3 is 15.9 Å². The Morgan fingerprint density at radius 3 is 0.851 bits per heavy atom. The van der Waals surface area contributed by atoms with E-state index in [1.54, 1.807) is 0 Å². The molecule has 0 fully saturated rings. The highest BCUT2D eigenvalue weighted by atomic mass is 16.4. The second-order valence-corrected chi connectivity index (χ2v) is 13.3. The maximum atomic E-state index is 12.9. The monoisotopic (exact) mass is 671 g/mol. The van der Waals surface area contributed by atoms with Gasteiger partial charge in [0, 0.05) is 39.3 Å². The van der Waals surface area contributed by atoms with Crippen molar-refractivity contribution in [3.63, 3.8) is 0 Å². The molecule has 0 radical (unpaired) electrons. The highest BCUT2D eigenvalue weighted by Crippen LogP contribution is 2.16. The van der Waals surface area contributed by atoms with Crippen LogP contribution in [0.1, 0.15) is 214 Å². The second-order valence-electron chi connectivity index (χ2n) is 13.3. The molecule has 0 saturated heterocycles. The van der Waals surface area contributed by atoms with Crippen molar-refractivity contribution in [2.45, 2.75) is 220 Å². The Morgan fingerprint density at radius 1 is 0.468 bits per heavy atom. The molecular weight excluding hydrogens is 592 g/mol. The first-order valence-corrected chi connectivity index (χ1v) is 19.5. The van der Waals surface area contributed by atoms with Crippen molar-refractivity contribution in [3.05, 3.63) is 0 Å². The number of amides is 2. The first-order chi connectivity index (χ1) is 22.5. The van der Waals surface area contributed by atoms with Crippen LogP contribution in [0.4, 0.5) is 0 Å². The lowest BCUT2D eigenvalue weighted by Gasteiger charge is -2.26. The number of hydrogen-bond acceptors (Lipinski definition) is 5. The van der Waals surface area contributed by atoms with Gasteiger partial charge in [-0.15, -0.1) is 0 Å². The van der Waals surface area contributed by atoms with E-state index >= 15 is 0 Å². The van der Waals surface area contributed by atoms with Crippen LogP contribution >= 0.6 is 0 Å². The van der Waals surface area contributed by atoms with Crippen LogP contribution in [0.15, 0.2) is 0 Å². The minimum Gasteiger partial charge on any atom is -0.481 e. The average Bonchev–Trinajstić information content (AvgIpc) is 3.01. The van der Waals surface area contributed by atoms with Gasteiger partial charge in [0.15, 0.2) is 0 Å². The standard InChI is InChI=1S/C35H70N2O2.2C2H4O2/c1-4-6-8-10-12-14-16-18-20-22-24-26-28-30-34(38)37(33(3)32-36)35(39)31-29-27-25-23-21-19-17-15-13-11-9-7-5-2;2*1-2(3)4/h33H,4-32,36H2,1-3H3;2*1H3,(H,3,4). The predicted octanol–water partition coefficient (Wildman–Crippen LogP) is 10.8. The van der Waals surface area contributed by atoms with Gasteiger partial charge in [-0.2, -0.15) is 0 Å². The quantitative estimate of drug-likeness (QED) is 0.0646. The van der Waals surface area contributed by atoms with Crippen LogP contribution in [0.2, 0.25) is 0 Å². The molecule has 0 saturated carbocycles. The van der Waals surface area contributed by atoms with E-state index in [4.69, 9.17) is 25.5 Å². The summed E-state index contributed by atoms with van der Waals surface area (Å²) in [6, 6.07) is -0.200. The third-order valence-electron chi connectivity index (χ3n) is 8.31. The Bertz CT molecular complexity index is 654. The maximum Gasteiger partial charge on any atom is 0.300 e. The van der Waals surface area contributed by atoms with Gasteiger partial charge in [0.2, 0.25) is 11.8 Å². The Balaban J connectivity index is -0.00000215. The number of carbonyl (C=O) groups excluding carboxylic acids is 2. The normalized spacial score (nSPS) is 11.1. The fraction of sp³-hybridized carbons (Fsp3) is 0.897. The number of carboxylic acids is 2. The maximum absolute atomic E-state index is 12.9. The summed E-state index contributed by atoms with van der Waals surface area (Å²) in [5.41, 5.74) is 5.85. The lowest BCUT2D eigenvalue weighted by Crippen LogP contribution is -2.46. The SMILES string of the molecule is CC(=O)O.CC(=O)O.CCCCCCCCCCCCCCCC(=O)N(C(=O)CCCCCCCCCCCCCCC)C(C)CN.